The number of hydrogen-bond acceptors (Lipinski definition) is 3. The van der Waals surface area contributed by atoms with E-state index < -0.39 is 5.41 Å². The Bertz CT molecular complexity index is 1830. The summed E-state index contributed by atoms with van der Waals surface area (Å²) in [7, 11) is 0. The maximum atomic E-state index is 12.7. The number of fused-ring (bicyclic) bond motifs is 4. The van der Waals surface area contributed by atoms with Crippen LogP contribution < -0.4 is 0 Å². The first-order valence-electron chi connectivity index (χ1n) is 15.8. The molecule has 1 unspecified atom stereocenters. The summed E-state index contributed by atoms with van der Waals surface area (Å²) in [6.45, 7) is 7.87. The molecule has 3 aromatic carbocycles. The molecule has 0 radical (unpaired) electrons. The number of halogens is 1. The maximum Gasteiger partial charge on any atom is 0.150 e. The van der Waals surface area contributed by atoms with Crippen molar-refractivity contribution in [3.63, 3.8) is 0 Å². The van der Waals surface area contributed by atoms with Crippen LogP contribution in [0.3, 0.4) is 0 Å². The fraction of sp³-hybridized carbons (Fsp3) is 0.268. The summed E-state index contributed by atoms with van der Waals surface area (Å²) in [5.74, 6) is 1.41. The van der Waals surface area contributed by atoms with Gasteiger partial charge in [-0.25, -0.2) is 4.39 Å². The van der Waals surface area contributed by atoms with E-state index in [4.69, 9.17) is 4.42 Å². The van der Waals surface area contributed by atoms with Crippen LogP contribution in [0.2, 0.25) is 0 Å². The van der Waals surface area contributed by atoms with Crippen molar-refractivity contribution in [2.45, 2.75) is 59.8 Å². The van der Waals surface area contributed by atoms with Gasteiger partial charge < -0.3 is 4.42 Å². The van der Waals surface area contributed by atoms with E-state index >= 15 is 0 Å². The molecule has 1 saturated carbocycles. The molecule has 0 bridgehead atoms. The molecule has 3 nitrogen and oxygen atoms in total. The van der Waals surface area contributed by atoms with Gasteiger partial charge in [0.15, 0.2) is 5.78 Å². The number of furan rings is 1. The Morgan fingerprint density at radius 3 is 2.40 bits per heavy atom. The van der Waals surface area contributed by atoms with Gasteiger partial charge in [-0.15, -0.1) is 0 Å². The molecule has 0 saturated heterocycles. The molecule has 3 aliphatic rings. The number of benzene rings is 3. The fourth-order valence-corrected chi connectivity index (χ4v) is 6.48. The molecule has 0 N–H and O–H groups in total. The normalized spacial score (nSPS) is 17.3. The summed E-state index contributed by atoms with van der Waals surface area (Å²) in [4.78, 5) is 24.5. The van der Waals surface area contributed by atoms with Gasteiger partial charge in [0.25, 0.3) is 0 Å². The van der Waals surface area contributed by atoms with E-state index in [-0.39, 0.29) is 18.8 Å². The molecule has 230 valence electrons. The zero-order valence-corrected chi connectivity index (χ0v) is 26.5. The van der Waals surface area contributed by atoms with E-state index in [1.165, 1.54) is 51.1 Å². The number of allylic oxidation sites excluding steroid dienone is 4. The molecule has 4 aromatic rings. The molecule has 1 fully saturated rings. The summed E-state index contributed by atoms with van der Waals surface area (Å²) >= 11 is 0. The van der Waals surface area contributed by atoms with Crippen LogP contribution in [0.15, 0.2) is 89.6 Å². The van der Waals surface area contributed by atoms with Crippen molar-refractivity contribution in [2.24, 2.45) is 11.3 Å². The van der Waals surface area contributed by atoms with Crippen molar-refractivity contribution >= 4 is 29.3 Å². The second-order valence-electron chi connectivity index (χ2n) is 12.8. The fourth-order valence-electron chi connectivity index (χ4n) is 6.48. The molecule has 1 atom stereocenters. The smallest absolute Gasteiger partial charge is 0.150 e. The van der Waals surface area contributed by atoms with Crippen LogP contribution in [0, 0.1) is 31.0 Å². The zero-order valence-electron chi connectivity index (χ0n) is 26.5. The van der Waals surface area contributed by atoms with E-state index in [9.17, 15) is 14.0 Å². The second kappa shape index (κ2) is 12.4. The lowest BCUT2D eigenvalue weighted by Gasteiger charge is -2.23. The van der Waals surface area contributed by atoms with Crippen LogP contribution in [0.25, 0.3) is 28.9 Å². The molecule has 0 spiro atoms. The van der Waals surface area contributed by atoms with Gasteiger partial charge in [-0.2, -0.15) is 0 Å². The summed E-state index contributed by atoms with van der Waals surface area (Å²) in [5, 5.41) is 0. The Balaban J connectivity index is 0.000000406. The van der Waals surface area contributed by atoms with Crippen LogP contribution in [0.4, 0.5) is 4.39 Å². The highest BCUT2D eigenvalue weighted by Crippen LogP contribution is 2.48. The Morgan fingerprint density at radius 2 is 1.73 bits per heavy atom. The monoisotopic (exact) mass is 600 g/mol. The van der Waals surface area contributed by atoms with E-state index in [0.717, 1.165) is 35.3 Å². The average Bonchev–Trinajstić information content (AvgIpc) is 3.79. The minimum atomic E-state index is -0.695. The quantitative estimate of drug-likeness (QED) is 0.207. The highest BCUT2D eigenvalue weighted by atomic mass is 19.1. The minimum absolute atomic E-state index is 0. The Labute approximate surface area is 266 Å². The first kappa shape index (κ1) is 30.5. The van der Waals surface area contributed by atoms with Gasteiger partial charge in [-0.3, -0.25) is 9.59 Å². The number of ketones is 2. The lowest BCUT2D eigenvalue weighted by atomic mass is 9.81. The molecule has 1 aromatic heterocycles. The van der Waals surface area contributed by atoms with Crippen molar-refractivity contribution < 1.29 is 19.8 Å². The van der Waals surface area contributed by atoms with E-state index in [1.807, 2.05) is 25.3 Å². The van der Waals surface area contributed by atoms with Crippen LogP contribution in [-0.2, 0) is 28.9 Å². The number of carbonyl (C=O) groups is 2. The first-order valence-corrected chi connectivity index (χ1v) is 15.8. The number of carbonyl (C=O) groups excluding carboxylic acids is 2. The molecule has 0 aliphatic heterocycles. The van der Waals surface area contributed by atoms with Gasteiger partial charge >= 0.3 is 0 Å². The largest absolute Gasteiger partial charge is 0.468 e. The van der Waals surface area contributed by atoms with Gasteiger partial charge in [-0.05, 0) is 109 Å². The van der Waals surface area contributed by atoms with Crippen LogP contribution >= 0.6 is 0 Å². The van der Waals surface area contributed by atoms with Crippen molar-refractivity contribution in [3.8, 4) is 11.1 Å². The summed E-state index contributed by atoms with van der Waals surface area (Å²) in [5.41, 5.74) is 11.3. The van der Waals surface area contributed by atoms with Crippen molar-refractivity contribution in [1.82, 2.24) is 0 Å². The summed E-state index contributed by atoms with van der Waals surface area (Å²) in [6, 6.07) is 19.2. The predicted molar refractivity (Wildman–Crippen MR) is 182 cm³/mol. The Kier molecular flexibility index (Phi) is 8.42. The van der Waals surface area contributed by atoms with Crippen molar-refractivity contribution in [3.05, 3.63) is 136 Å². The van der Waals surface area contributed by atoms with Gasteiger partial charge in [0.2, 0.25) is 0 Å². The van der Waals surface area contributed by atoms with Gasteiger partial charge in [0.1, 0.15) is 17.4 Å². The highest BCUT2D eigenvalue weighted by Gasteiger charge is 2.53. The third kappa shape index (κ3) is 6.47. The third-order valence-electron chi connectivity index (χ3n) is 9.28. The molecular formula is C41H41FO3. The Hall–Kier alpha value is -4.57. The number of rotatable bonds is 6. The van der Waals surface area contributed by atoms with Gasteiger partial charge in [0, 0.05) is 19.8 Å². The zero-order chi connectivity index (χ0) is 31.7. The molecular weight excluding hydrogens is 559 g/mol. The molecule has 0 amide bonds. The highest BCUT2D eigenvalue weighted by molar-refractivity contribution is 6.09. The van der Waals surface area contributed by atoms with Gasteiger partial charge in [-0.1, -0.05) is 85.3 Å². The van der Waals surface area contributed by atoms with Crippen LogP contribution in [0.1, 0.15) is 72.8 Å². The topological polar surface area (TPSA) is 47.3 Å². The van der Waals surface area contributed by atoms with Crippen molar-refractivity contribution in [1.29, 1.82) is 0 Å². The summed E-state index contributed by atoms with van der Waals surface area (Å²) < 4.78 is 18.0. The van der Waals surface area contributed by atoms with Crippen LogP contribution in [-0.4, -0.2) is 11.6 Å². The maximum absolute atomic E-state index is 12.7. The number of aryl methyl sites for hydroxylation is 2. The molecule has 7 rings (SSSR count). The predicted octanol–water partition coefficient (Wildman–Crippen LogP) is 9.97. The molecule has 45 heavy (non-hydrogen) atoms. The lowest BCUT2D eigenvalue weighted by molar-refractivity contribution is -0.133. The van der Waals surface area contributed by atoms with Gasteiger partial charge in [0.05, 0.1) is 11.7 Å². The van der Waals surface area contributed by atoms with E-state index in [1.54, 1.807) is 19.1 Å². The van der Waals surface area contributed by atoms with E-state index in [2.05, 4.69) is 68.5 Å². The van der Waals surface area contributed by atoms with Crippen molar-refractivity contribution in [2.75, 3.05) is 0 Å². The standard InChI is InChI=1S/C34H32O3.C7H7F.H2/c1-21-15-27(12-11-24-7-9-25(10-8-24)17-32(36)34(13-14-34)23(3)35)29-19-30-26(18-28(29)16-21)5-4-6-31-33(30)22(2)20-37-31;1-6-2-4-7(8)5-3-6;/h4-5,7-12,15,18-21H,6,13-14,16-17H2,1-3H3;2-5H,1H3;1H/b12-11-;;. The molecule has 3 aliphatic carbocycles. The Morgan fingerprint density at radius 1 is 1.00 bits per heavy atom. The second-order valence-corrected chi connectivity index (χ2v) is 12.8. The number of hydrogen-bond donors (Lipinski definition) is 0. The third-order valence-corrected chi connectivity index (χ3v) is 9.28. The average molecular weight is 601 g/mol. The SMILES string of the molecule is CC(=O)C1(C(=O)Cc2ccc(/C=C\C3=CC(C)Cc4cc5c(cc43)-c3c(C)coc3CC=C5)cc2)CC1.Cc1ccc(F)cc1.[HH]. The lowest BCUT2D eigenvalue weighted by Crippen LogP contribution is -2.25. The first-order chi connectivity index (χ1) is 21.6. The minimum Gasteiger partial charge on any atom is -0.468 e. The molecule has 1 heterocycles. The number of Topliss-reactive ketones (excluding diaryl/α,β-unsaturated/α-hetero) is 2. The molecule has 4 heteroatoms. The summed E-state index contributed by atoms with van der Waals surface area (Å²) in [6.07, 6.45) is 16.6. The van der Waals surface area contributed by atoms with E-state index in [0.29, 0.717) is 25.2 Å². The van der Waals surface area contributed by atoms with Crippen LogP contribution in [0.5, 0.6) is 0 Å².